The van der Waals surface area contributed by atoms with Crippen molar-refractivity contribution in [1.82, 2.24) is 0 Å². The molecule has 0 aromatic heterocycles. The van der Waals surface area contributed by atoms with Gasteiger partial charge in [0.25, 0.3) is 0 Å². The van der Waals surface area contributed by atoms with Crippen LogP contribution in [0.5, 0.6) is 0 Å². The first kappa shape index (κ1) is 12.5. The van der Waals surface area contributed by atoms with E-state index in [4.69, 9.17) is 0 Å². The summed E-state index contributed by atoms with van der Waals surface area (Å²) in [5, 5.41) is 0.0618. The average molecular weight is 232 g/mol. The van der Waals surface area contributed by atoms with Crippen LogP contribution in [0.4, 0.5) is 0 Å². The van der Waals surface area contributed by atoms with Gasteiger partial charge in [-0.25, -0.2) is 0 Å². The lowest BCUT2D eigenvalue weighted by Crippen LogP contribution is -1.91. The van der Waals surface area contributed by atoms with Gasteiger partial charge in [-0.15, -0.1) is 0 Å². The SMILES string of the molecule is CC(=O)SCC#Cc1cccc(C(C)=O)c1. The van der Waals surface area contributed by atoms with Gasteiger partial charge in [0.05, 0.1) is 5.75 Å². The number of ketones is 1. The first-order valence-corrected chi connectivity index (χ1v) is 5.81. The Balaban J connectivity index is 2.70. The molecule has 0 saturated heterocycles. The lowest BCUT2D eigenvalue weighted by molar-refractivity contribution is -0.109. The lowest BCUT2D eigenvalue weighted by atomic mass is 10.1. The van der Waals surface area contributed by atoms with Crippen molar-refractivity contribution in [1.29, 1.82) is 0 Å². The van der Waals surface area contributed by atoms with Gasteiger partial charge in [0.1, 0.15) is 0 Å². The number of carbonyl (C=O) groups is 2. The van der Waals surface area contributed by atoms with Crippen LogP contribution in [0.15, 0.2) is 24.3 Å². The maximum Gasteiger partial charge on any atom is 0.186 e. The van der Waals surface area contributed by atoms with E-state index in [2.05, 4.69) is 11.8 Å². The molecule has 16 heavy (non-hydrogen) atoms. The van der Waals surface area contributed by atoms with Crippen LogP contribution in [0.25, 0.3) is 0 Å². The Labute approximate surface area is 99.4 Å². The molecule has 0 fully saturated rings. The molecular weight excluding hydrogens is 220 g/mol. The molecule has 0 saturated carbocycles. The third kappa shape index (κ3) is 4.33. The summed E-state index contributed by atoms with van der Waals surface area (Å²) in [6.07, 6.45) is 0. The van der Waals surface area contributed by atoms with Gasteiger partial charge in [-0.3, -0.25) is 9.59 Å². The van der Waals surface area contributed by atoms with Crippen LogP contribution in [-0.4, -0.2) is 16.7 Å². The molecule has 0 spiro atoms. The third-order valence-corrected chi connectivity index (χ3v) is 2.54. The van der Waals surface area contributed by atoms with Crippen molar-refractivity contribution in [2.45, 2.75) is 13.8 Å². The number of Topliss-reactive ketones (excluding diaryl/α,β-unsaturated/α-hetero) is 1. The minimum absolute atomic E-state index is 0.0294. The summed E-state index contributed by atoms with van der Waals surface area (Å²) < 4.78 is 0. The van der Waals surface area contributed by atoms with E-state index in [0.29, 0.717) is 11.3 Å². The number of rotatable bonds is 2. The second kappa shape index (κ2) is 6.14. The molecule has 0 amide bonds. The van der Waals surface area contributed by atoms with Crippen LogP contribution in [0.3, 0.4) is 0 Å². The van der Waals surface area contributed by atoms with Crippen molar-refractivity contribution in [3.63, 3.8) is 0 Å². The highest BCUT2D eigenvalue weighted by molar-refractivity contribution is 8.13. The normalized spacial score (nSPS) is 9.12. The van der Waals surface area contributed by atoms with Gasteiger partial charge in [0.15, 0.2) is 10.9 Å². The maximum absolute atomic E-state index is 11.1. The van der Waals surface area contributed by atoms with E-state index in [-0.39, 0.29) is 10.9 Å². The Hall–Kier alpha value is -1.53. The predicted octanol–water partition coefficient (Wildman–Crippen LogP) is 2.52. The third-order valence-electron chi connectivity index (χ3n) is 1.85. The fourth-order valence-corrected chi connectivity index (χ4v) is 1.44. The monoisotopic (exact) mass is 232 g/mol. The van der Waals surface area contributed by atoms with Gasteiger partial charge in [-0.1, -0.05) is 35.7 Å². The molecule has 3 heteroatoms. The number of benzene rings is 1. The number of thioether (sulfide) groups is 1. The topological polar surface area (TPSA) is 34.1 Å². The van der Waals surface area contributed by atoms with Gasteiger partial charge in [-0.05, 0) is 19.1 Å². The highest BCUT2D eigenvalue weighted by Gasteiger charge is 1.98. The Morgan fingerprint density at radius 2 is 2.06 bits per heavy atom. The Morgan fingerprint density at radius 3 is 2.69 bits per heavy atom. The number of hydrogen-bond donors (Lipinski definition) is 0. The van der Waals surface area contributed by atoms with E-state index in [0.717, 1.165) is 5.56 Å². The van der Waals surface area contributed by atoms with E-state index in [9.17, 15) is 9.59 Å². The second-order valence-electron chi connectivity index (χ2n) is 3.22. The zero-order valence-electron chi connectivity index (χ0n) is 9.24. The standard InChI is InChI=1S/C13H12O2S/c1-10(14)13-7-3-5-12(9-13)6-4-8-16-11(2)15/h3,5,7,9H,8H2,1-2H3. The van der Waals surface area contributed by atoms with Crippen molar-refractivity contribution < 1.29 is 9.59 Å². The summed E-state index contributed by atoms with van der Waals surface area (Å²) >= 11 is 1.18. The van der Waals surface area contributed by atoms with E-state index < -0.39 is 0 Å². The minimum Gasteiger partial charge on any atom is -0.295 e. The maximum atomic E-state index is 11.1. The van der Waals surface area contributed by atoms with Crippen LogP contribution in [0.1, 0.15) is 29.8 Å². The molecule has 0 bridgehead atoms. The summed E-state index contributed by atoms with van der Waals surface area (Å²) in [7, 11) is 0. The molecule has 1 aromatic rings. The summed E-state index contributed by atoms with van der Waals surface area (Å²) in [6, 6.07) is 7.17. The Morgan fingerprint density at radius 1 is 1.31 bits per heavy atom. The smallest absolute Gasteiger partial charge is 0.186 e. The lowest BCUT2D eigenvalue weighted by Gasteiger charge is -1.95. The quantitative estimate of drug-likeness (QED) is 0.580. The fraction of sp³-hybridized carbons (Fsp3) is 0.231. The van der Waals surface area contributed by atoms with Gasteiger partial charge in [-0.2, -0.15) is 0 Å². The van der Waals surface area contributed by atoms with E-state index in [1.807, 2.05) is 6.07 Å². The van der Waals surface area contributed by atoms with Gasteiger partial charge >= 0.3 is 0 Å². The van der Waals surface area contributed by atoms with Crippen molar-refractivity contribution in [3.8, 4) is 11.8 Å². The molecule has 82 valence electrons. The first-order valence-electron chi connectivity index (χ1n) is 4.83. The molecule has 1 aromatic carbocycles. The Bertz CT molecular complexity index is 466. The van der Waals surface area contributed by atoms with Gasteiger partial charge in [0.2, 0.25) is 0 Å². The number of carbonyl (C=O) groups excluding carboxylic acids is 2. The predicted molar refractivity (Wildman–Crippen MR) is 66.5 cm³/mol. The molecule has 0 N–H and O–H groups in total. The van der Waals surface area contributed by atoms with Crippen LogP contribution < -0.4 is 0 Å². The van der Waals surface area contributed by atoms with Crippen LogP contribution in [0, 0.1) is 11.8 Å². The molecule has 1 rings (SSSR count). The second-order valence-corrected chi connectivity index (χ2v) is 4.37. The van der Waals surface area contributed by atoms with Crippen molar-refractivity contribution in [2.24, 2.45) is 0 Å². The minimum atomic E-state index is 0.0294. The van der Waals surface area contributed by atoms with Crippen LogP contribution in [-0.2, 0) is 4.79 Å². The van der Waals surface area contributed by atoms with Crippen molar-refractivity contribution >= 4 is 22.7 Å². The van der Waals surface area contributed by atoms with E-state index in [1.165, 1.54) is 25.6 Å². The van der Waals surface area contributed by atoms with E-state index >= 15 is 0 Å². The molecule has 0 aliphatic rings. The fourth-order valence-electron chi connectivity index (χ4n) is 1.09. The zero-order valence-corrected chi connectivity index (χ0v) is 10.1. The highest BCUT2D eigenvalue weighted by Crippen LogP contribution is 2.05. The molecule has 0 unspecified atom stereocenters. The van der Waals surface area contributed by atoms with Crippen LogP contribution in [0.2, 0.25) is 0 Å². The molecular formula is C13H12O2S. The summed E-state index contributed by atoms with van der Waals surface area (Å²) in [4.78, 5) is 21.8. The Kier molecular flexibility index (Phi) is 4.81. The number of hydrogen-bond acceptors (Lipinski definition) is 3. The largest absolute Gasteiger partial charge is 0.295 e. The first-order chi connectivity index (χ1) is 7.59. The van der Waals surface area contributed by atoms with Gasteiger partial charge in [0, 0.05) is 18.1 Å². The molecule has 0 radical (unpaired) electrons. The van der Waals surface area contributed by atoms with Crippen LogP contribution >= 0.6 is 11.8 Å². The van der Waals surface area contributed by atoms with Crippen molar-refractivity contribution in [2.75, 3.05) is 5.75 Å². The molecule has 0 aliphatic heterocycles. The van der Waals surface area contributed by atoms with Gasteiger partial charge < -0.3 is 0 Å². The van der Waals surface area contributed by atoms with Crippen molar-refractivity contribution in [3.05, 3.63) is 35.4 Å². The molecule has 0 aliphatic carbocycles. The highest BCUT2D eigenvalue weighted by atomic mass is 32.2. The summed E-state index contributed by atoms with van der Waals surface area (Å²) in [5.74, 6) is 6.32. The average Bonchev–Trinajstić information content (AvgIpc) is 2.24. The molecule has 0 atom stereocenters. The molecule has 2 nitrogen and oxygen atoms in total. The zero-order chi connectivity index (χ0) is 12.0. The molecule has 0 heterocycles. The van der Waals surface area contributed by atoms with E-state index in [1.54, 1.807) is 18.2 Å². The summed E-state index contributed by atoms with van der Waals surface area (Å²) in [6.45, 7) is 3.04. The summed E-state index contributed by atoms with van der Waals surface area (Å²) in [5.41, 5.74) is 1.46.